The van der Waals surface area contributed by atoms with Crippen LogP contribution in [0.1, 0.15) is 81.0 Å². The smallest absolute Gasteiger partial charge is 0.410 e. The van der Waals surface area contributed by atoms with Crippen LogP contribution >= 0.6 is 0 Å². The molecule has 0 unspecified atom stereocenters. The van der Waals surface area contributed by atoms with Crippen molar-refractivity contribution in [1.82, 2.24) is 5.32 Å². The maximum absolute atomic E-state index is 12.8. The van der Waals surface area contributed by atoms with E-state index in [1.807, 2.05) is 37.3 Å². The van der Waals surface area contributed by atoms with Crippen LogP contribution in [0.25, 0.3) is 0 Å². The molecular formula is C25H31NO2. The van der Waals surface area contributed by atoms with Crippen molar-refractivity contribution in [2.45, 2.75) is 64.3 Å². The fraction of sp³-hybridized carbons (Fsp3) is 0.480. The lowest BCUT2D eigenvalue weighted by atomic mass is 9.88. The summed E-state index contributed by atoms with van der Waals surface area (Å²) >= 11 is 0. The van der Waals surface area contributed by atoms with Crippen molar-refractivity contribution in [3.63, 3.8) is 0 Å². The molecule has 3 atom stereocenters. The van der Waals surface area contributed by atoms with Gasteiger partial charge in [0.2, 0.25) is 0 Å². The molecule has 3 nitrogen and oxygen atoms in total. The standard InChI is InChI=1S/C25H31NO2/c1-16(19-12-13-19)22-10-7-11-23(17(2)20-14-15-20)24(22)28-25(27)26-18(3)21-8-5-4-6-9-21/h4-11,16-20H,12-15H2,1-3H3,(H,26,27)/t16-,17-,18-/m1/s1. The van der Waals surface area contributed by atoms with E-state index >= 15 is 0 Å². The van der Waals surface area contributed by atoms with Crippen molar-refractivity contribution in [2.75, 3.05) is 0 Å². The van der Waals surface area contributed by atoms with E-state index in [9.17, 15) is 4.79 Å². The number of ether oxygens (including phenoxy) is 1. The monoisotopic (exact) mass is 377 g/mol. The van der Waals surface area contributed by atoms with Gasteiger partial charge in [0.25, 0.3) is 0 Å². The maximum atomic E-state index is 12.8. The van der Waals surface area contributed by atoms with Crippen molar-refractivity contribution in [3.8, 4) is 5.75 Å². The lowest BCUT2D eigenvalue weighted by Gasteiger charge is -2.23. The van der Waals surface area contributed by atoms with E-state index in [1.54, 1.807) is 0 Å². The van der Waals surface area contributed by atoms with Crippen molar-refractivity contribution in [3.05, 3.63) is 65.2 Å². The highest BCUT2D eigenvalue weighted by Gasteiger charge is 2.35. The molecule has 2 aliphatic carbocycles. The summed E-state index contributed by atoms with van der Waals surface area (Å²) in [5, 5.41) is 3.01. The predicted octanol–water partition coefficient (Wildman–Crippen LogP) is 6.56. The fourth-order valence-corrected chi connectivity index (χ4v) is 4.23. The van der Waals surface area contributed by atoms with Crippen LogP contribution in [-0.4, -0.2) is 6.09 Å². The number of amides is 1. The molecular weight excluding hydrogens is 346 g/mol. The summed E-state index contributed by atoms with van der Waals surface area (Å²) in [5.41, 5.74) is 3.45. The molecule has 0 aromatic heterocycles. The number of hydrogen-bond donors (Lipinski definition) is 1. The second kappa shape index (κ2) is 7.98. The average Bonchev–Trinajstić information content (AvgIpc) is 3.59. The number of nitrogens with one attached hydrogen (secondary N) is 1. The van der Waals surface area contributed by atoms with Crippen LogP contribution in [0.2, 0.25) is 0 Å². The molecule has 28 heavy (non-hydrogen) atoms. The lowest BCUT2D eigenvalue weighted by Crippen LogP contribution is -2.30. The van der Waals surface area contributed by atoms with Crippen molar-refractivity contribution < 1.29 is 9.53 Å². The van der Waals surface area contributed by atoms with E-state index < -0.39 is 0 Å². The molecule has 2 aliphatic rings. The number of benzene rings is 2. The Hall–Kier alpha value is -2.29. The molecule has 2 fully saturated rings. The maximum Gasteiger partial charge on any atom is 0.413 e. The Kier molecular flexibility index (Phi) is 5.43. The molecule has 2 aromatic rings. The highest BCUT2D eigenvalue weighted by Crippen LogP contribution is 2.49. The van der Waals surface area contributed by atoms with Crippen LogP contribution in [-0.2, 0) is 0 Å². The predicted molar refractivity (Wildman–Crippen MR) is 113 cm³/mol. The number of carbonyl (C=O) groups excluding carboxylic acids is 1. The minimum absolute atomic E-state index is 0.0916. The van der Waals surface area contributed by atoms with Gasteiger partial charge in [0.15, 0.2) is 0 Å². The van der Waals surface area contributed by atoms with Gasteiger partial charge in [-0.05, 0) is 73.0 Å². The first kappa shape index (κ1) is 19.0. The Morgan fingerprint density at radius 1 is 0.857 bits per heavy atom. The molecule has 0 heterocycles. The minimum atomic E-state index is -0.365. The second-order valence-corrected chi connectivity index (χ2v) is 8.68. The third-order valence-corrected chi connectivity index (χ3v) is 6.54. The van der Waals surface area contributed by atoms with Gasteiger partial charge in [-0.15, -0.1) is 0 Å². The Labute approximate surface area is 168 Å². The zero-order chi connectivity index (χ0) is 19.7. The summed E-state index contributed by atoms with van der Waals surface area (Å²) in [7, 11) is 0. The zero-order valence-electron chi connectivity index (χ0n) is 17.2. The average molecular weight is 378 g/mol. The minimum Gasteiger partial charge on any atom is -0.410 e. The van der Waals surface area contributed by atoms with Gasteiger partial charge in [-0.2, -0.15) is 0 Å². The van der Waals surface area contributed by atoms with E-state index in [-0.39, 0.29) is 12.1 Å². The normalized spacial score (nSPS) is 19.5. The number of hydrogen-bond acceptors (Lipinski definition) is 2. The molecule has 3 heteroatoms. The van der Waals surface area contributed by atoms with Crippen LogP contribution in [0.15, 0.2) is 48.5 Å². The zero-order valence-corrected chi connectivity index (χ0v) is 17.2. The molecule has 4 rings (SSSR count). The van der Waals surface area contributed by atoms with Gasteiger partial charge in [-0.25, -0.2) is 4.79 Å². The van der Waals surface area contributed by atoms with E-state index in [0.29, 0.717) is 11.8 Å². The first-order chi connectivity index (χ1) is 13.5. The van der Waals surface area contributed by atoms with Crippen LogP contribution < -0.4 is 10.1 Å². The molecule has 0 spiro atoms. The SMILES string of the molecule is C[C@@H](NC(=O)Oc1c([C@H](C)C2CC2)cccc1[C@H](C)C1CC1)c1ccccc1. The van der Waals surface area contributed by atoms with Gasteiger partial charge in [-0.1, -0.05) is 62.4 Å². The first-order valence-electron chi connectivity index (χ1n) is 10.7. The van der Waals surface area contributed by atoms with Crippen LogP contribution in [0.4, 0.5) is 4.79 Å². The summed E-state index contributed by atoms with van der Waals surface area (Å²) in [6, 6.07) is 16.3. The molecule has 1 amide bonds. The summed E-state index contributed by atoms with van der Waals surface area (Å²) in [5.74, 6) is 3.11. The molecule has 0 aliphatic heterocycles. The largest absolute Gasteiger partial charge is 0.413 e. The van der Waals surface area contributed by atoms with Crippen LogP contribution in [0.3, 0.4) is 0 Å². The van der Waals surface area contributed by atoms with E-state index in [4.69, 9.17) is 4.74 Å². The molecule has 148 valence electrons. The van der Waals surface area contributed by atoms with E-state index in [1.165, 1.54) is 36.8 Å². The first-order valence-corrected chi connectivity index (χ1v) is 10.7. The third kappa shape index (κ3) is 4.24. The molecule has 0 saturated heterocycles. The van der Waals surface area contributed by atoms with Crippen molar-refractivity contribution in [1.29, 1.82) is 0 Å². The summed E-state index contributed by atoms with van der Waals surface area (Å²) in [6.07, 6.45) is 4.75. The third-order valence-electron chi connectivity index (χ3n) is 6.54. The van der Waals surface area contributed by atoms with E-state index in [2.05, 4.69) is 37.4 Å². The number of para-hydroxylation sites is 1. The van der Waals surface area contributed by atoms with Gasteiger partial charge < -0.3 is 10.1 Å². The van der Waals surface area contributed by atoms with Gasteiger partial charge in [-0.3, -0.25) is 0 Å². The highest BCUT2D eigenvalue weighted by atomic mass is 16.6. The lowest BCUT2D eigenvalue weighted by molar-refractivity contribution is 0.195. The molecule has 0 radical (unpaired) electrons. The Morgan fingerprint density at radius 3 is 1.89 bits per heavy atom. The summed E-state index contributed by atoms with van der Waals surface area (Å²) in [4.78, 5) is 12.8. The number of rotatable bonds is 7. The highest BCUT2D eigenvalue weighted by molar-refractivity contribution is 5.72. The summed E-state index contributed by atoms with van der Waals surface area (Å²) < 4.78 is 6.02. The Bertz CT molecular complexity index is 787. The topological polar surface area (TPSA) is 38.3 Å². The van der Waals surface area contributed by atoms with Crippen molar-refractivity contribution in [2.24, 2.45) is 11.8 Å². The van der Waals surface area contributed by atoms with Gasteiger partial charge in [0.05, 0.1) is 6.04 Å². The Morgan fingerprint density at radius 2 is 1.39 bits per heavy atom. The van der Waals surface area contributed by atoms with Gasteiger partial charge in [0.1, 0.15) is 5.75 Å². The fourth-order valence-electron chi connectivity index (χ4n) is 4.23. The quantitative estimate of drug-likeness (QED) is 0.593. The molecule has 2 aromatic carbocycles. The second-order valence-electron chi connectivity index (χ2n) is 8.68. The number of carbonyl (C=O) groups is 1. The summed E-state index contributed by atoms with van der Waals surface area (Å²) in [6.45, 7) is 6.54. The molecule has 0 bridgehead atoms. The Balaban J connectivity index is 1.56. The van der Waals surface area contributed by atoms with Gasteiger partial charge in [0, 0.05) is 0 Å². The van der Waals surface area contributed by atoms with Crippen LogP contribution in [0.5, 0.6) is 5.75 Å². The van der Waals surface area contributed by atoms with Crippen LogP contribution in [0, 0.1) is 11.8 Å². The molecule has 2 saturated carbocycles. The molecule has 1 N–H and O–H groups in total. The van der Waals surface area contributed by atoms with Gasteiger partial charge >= 0.3 is 6.09 Å². The van der Waals surface area contributed by atoms with Crippen molar-refractivity contribution >= 4 is 6.09 Å². The van der Waals surface area contributed by atoms with E-state index in [0.717, 1.165) is 23.1 Å².